The highest BCUT2D eigenvalue weighted by atomic mass is 19.3. The van der Waals surface area contributed by atoms with E-state index in [0.717, 1.165) is 16.9 Å². The minimum absolute atomic E-state index is 0.0310. The Kier molecular flexibility index (Phi) is 9.29. The van der Waals surface area contributed by atoms with Crippen molar-refractivity contribution in [3.8, 4) is 17.3 Å². The minimum atomic E-state index is -2.66. The molecule has 3 atom stereocenters. The van der Waals surface area contributed by atoms with Crippen LogP contribution in [-0.2, 0) is 20.9 Å². The van der Waals surface area contributed by atoms with Gasteiger partial charge >= 0.3 is 0 Å². The summed E-state index contributed by atoms with van der Waals surface area (Å²) in [6.07, 6.45) is 2.41. The summed E-state index contributed by atoms with van der Waals surface area (Å²) in [6, 6.07) is 12.5. The first-order valence-corrected chi connectivity index (χ1v) is 12.7. The van der Waals surface area contributed by atoms with Crippen LogP contribution in [0.5, 0.6) is 0 Å². The first-order valence-electron chi connectivity index (χ1n) is 12.7. The van der Waals surface area contributed by atoms with Crippen LogP contribution in [0.3, 0.4) is 0 Å². The molecule has 2 N–H and O–H groups in total. The molecule has 10 nitrogen and oxygen atoms in total. The SMILES string of the molecule is C[C@H](Nc1cc(-c2cnc(NC(=O)C3CC3COCc3ccccc3)cn2)cnc1C#N)C(=O)N(C)CC(F)F. The Morgan fingerprint density at radius 1 is 1.18 bits per heavy atom. The summed E-state index contributed by atoms with van der Waals surface area (Å²) in [4.78, 5) is 38.7. The number of hydrogen-bond donors (Lipinski definition) is 2. The van der Waals surface area contributed by atoms with Gasteiger partial charge in [0.05, 0.1) is 43.5 Å². The number of ether oxygens (including phenoxy) is 1. The molecule has 1 fully saturated rings. The Morgan fingerprint density at radius 2 is 1.95 bits per heavy atom. The van der Waals surface area contributed by atoms with Gasteiger partial charge in [-0.05, 0) is 30.9 Å². The quantitative estimate of drug-likeness (QED) is 0.349. The summed E-state index contributed by atoms with van der Waals surface area (Å²) in [6.45, 7) is 1.82. The smallest absolute Gasteiger partial charge is 0.255 e. The van der Waals surface area contributed by atoms with Crippen LogP contribution in [0.2, 0.25) is 0 Å². The number of hydrogen-bond acceptors (Lipinski definition) is 8. The number of anilines is 2. The lowest BCUT2D eigenvalue weighted by molar-refractivity contribution is -0.132. The van der Waals surface area contributed by atoms with Crippen molar-refractivity contribution in [2.75, 3.05) is 30.8 Å². The largest absolute Gasteiger partial charge is 0.376 e. The second-order valence-corrected chi connectivity index (χ2v) is 9.59. The van der Waals surface area contributed by atoms with Crippen LogP contribution in [0.15, 0.2) is 55.0 Å². The van der Waals surface area contributed by atoms with E-state index in [1.165, 1.54) is 32.6 Å². The average Bonchev–Trinajstić information content (AvgIpc) is 3.73. The van der Waals surface area contributed by atoms with E-state index in [1.54, 1.807) is 6.07 Å². The fourth-order valence-electron chi connectivity index (χ4n) is 4.14. The van der Waals surface area contributed by atoms with Gasteiger partial charge in [0, 0.05) is 24.7 Å². The molecule has 208 valence electrons. The number of likely N-dealkylation sites (N-methyl/N-ethyl adjacent to an activating group) is 1. The standard InChI is InChI=1S/C28H29F2N7O3/c1-17(28(39)37(2)14-25(29)30)35-22-9-19(11-32-23(22)10-31)24-12-34-26(13-33-24)36-27(38)21-8-20(21)16-40-15-18-6-4-3-5-7-18/h3-7,9,11-13,17,20-21,25,35H,8,14-16H2,1-2H3,(H,34,36,38)/t17-,20?,21?/m0/s1. The van der Waals surface area contributed by atoms with Crippen molar-refractivity contribution >= 4 is 23.3 Å². The minimum Gasteiger partial charge on any atom is -0.376 e. The van der Waals surface area contributed by atoms with Gasteiger partial charge in [0.1, 0.15) is 12.1 Å². The normalized spacial score (nSPS) is 16.6. The van der Waals surface area contributed by atoms with Crippen LogP contribution < -0.4 is 10.6 Å². The van der Waals surface area contributed by atoms with Crippen molar-refractivity contribution in [2.24, 2.45) is 11.8 Å². The first-order chi connectivity index (χ1) is 19.2. The molecule has 4 rings (SSSR count). The lowest BCUT2D eigenvalue weighted by Crippen LogP contribution is -2.41. The summed E-state index contributed by atoms with van der Waals surface area (Å²) in [5.41, 5.74) is 2.29. The van der Waals surface area contributed by atoms with Crippen LogP contribution >= 0.6 is 0 Å². The number of benzene rings is 1. The molecule has 2 heterocycles. The van der Waals surface area contributed by atoms with Crippen LogP contribution in [0.25, 0.3) is 11.3 Å². The molecule has 0 aliphatic heterocycles. The zero-order valence-electron chi connectivity index (χ0n) is 22.1. The van der Waals surface area contributed by atoms with E-state index in [1.807, 2.05) is 36.4 Å². The second kappa shape index (κ2) is 13.0. The van der Waals surface area contributed by atoms with E-state index < -0.39 is 24.9 Å². The first kappa shape index (κ1) is 28.5. The van der Waals surface area contributed by atoms with Gasteiger partial charge in [0.2, 0.25) is 11.8 Å². The molecule has 0 bridgehead atoms. The van der Waals surface area contributed by atoms with Gasteiger partial charge in [-0.2, -0.15) is 5.26 Å². The van der Waals surface area contributed by atoms with Gasteiger partial charge in [0.25, 0.3) is 6.43 Å². The average molecular weight is 550 g/mol. The Morgan fingerprint density at radius 3 is 2.62 bits per heavy atom. The highest BCUT2D eigenvalue weighted by molar-refractivity contribution is 5.93. The van der Waals surface area contributed by atoms with Gasteiger partial charge < -0.3 is 20.3 Å². The van der Waals surface area contributed by atoms with Crippen molar-refractivity contribution in [3.63, 3.8) is 0 Å². The molecular weight excluding hydrogens is 520 g/mol. The third kappa shape index (κ3) is 7.54. The predicted octanol–water partition coefficient (Wildman–Crippen LogP) is 3.73. The number of nitrogens with one attached hydrogen (secondary N) is 2. The number of pyridine rings is 1. The second-order valence-electron chi connectivity index (χ2n) is 9.59. The molecule has 2 unspecified atom stereocenters. The Bertz CT molecular complexity index is 1370. The van der Waals surface area contributed by atoms with Gasteiger partial charge in [-0.1, -0.05) is 30.3 Å². The molecule has 0 spiro atoms. The van der Waals surface area contributed by atoms with E-state index in [9.17, 15) is 23.6 Å². The van der Waals surface area contributed by atoms with Crippen LogP contribution in [0, 0.1) is 23.2 Å². The highest BCUT2D eigenvalue weighted by Gasteiger charge is 2.43. The van der Waals surface area contributed by atoms with Gasteiger partial charge in [0.15, 0.2) is 11.5 Å². The van der Waals surface area contributed by atoms with E-state index in [2.05, 4.69) is 25.6 Å². The van der Waals surface area contributed by atoms with Crippen LogP contribution in [0.4, 0.5) is 20.3 Å². The summed E-state index contributed by atoms with van der Waals surface area (Å²) >= 11 is 0. The van der Waals surface area contributed by atoms with Crippen LogP contribution in [0.1, 0.15) is 24.6 Å². The molecule has 1 saturated carbocycles. The molecule has 12 heteroatoms. The summed E-state index contributed by atoms with van der Waals surface area (Å²) in [5.74, 6) is -0.382. The Labute approximate surface area is 230 Å². The zero-order chi connectivity index (χ0) is 28.6. The highest BCUT2D eigenvalue weighted by Crippen LogP contribution is 2.39. The zero-order valence-corrected chi connectivity index (χ0v) is 22.1. The molecule has 0 saturated heterocycles. The molecule has 1 aliphatic rings. The topological polar surface area (TPSA) is 133 Å². The summed E-state index contributed by atoms with van der Waals surface area (Å²) in [7, 11) is 1.28. The molecule has 0 radical (unpaired) electrons. The van der Waals surface area contributed by atoms with Crippen molar-refractivity contribution < 1.29 is 23.1 Å². The van der Waals surface area contributed by atoms with E-state index in [4.69, 9.17) is 4.74 Å². The molecule has 40 heavy (non-hydrogen) atoms. The van der Waals surface area contributed by atoms with E-state index >= 15 is 0 Å². The number of nitriles is 1. The predicted molar refractivity (Wildman–Crippen MR) is 143 cm³/mol. The molecule has 1 aromatic carbocycles. The van der Waals surface area contributed by atoms with Crippen molar-refractivity contribution in [1.29, 1.82) is 5.26 Å². The molecule has 1 aliphatic carbocycles. The van der Waals surface area contributed by atoms with Gasteiger partial charge in [-0.25, -0.2) is 18.7 Å². The number of carbonyl (C=O) groups excluding carboxylic acids is 2. The molecule has 2 amide bonds. The number of halogens is 2. The van der Waals surface area contributed by atoms with Gasteiger partial charge in [-0.15, -0.1) is 0 Å². The van der Waals surface area contributed by atoms with Crippen molar-refractivity contribution in [1.82, 2.24) is 19.9 Å². The van der Waals surface area contributed by atoms with Crippen molar-refractivity contribution in [3.05, 3.63) is 66.2 Å². The number of nitrogens with zero attached hydrogens (tertiary/aromatic N) is 5. The summed E-state index contributed by atoms with van der Waals surface area (Å²) < 4.78 is 31.0. The molecule has 3 aromatic rings. The Balaban J connectivity index is 1.32. The Hall–Kier alpha value is -4.50. The van der Waals surface area contributed by atoms with Crippen LogP contribution in [-0.4, -0.2) is 64.3 Å². The third-order valence-electron chi connectivity index (χ3n) is 6.43. The number of alkyl halides is 2. The lowest BCUT2D eigenvalue weighted by Gasteiger charge is -2.22. The number of rotatable bonds is 12. The van der Waals surface area contributed by atoms with Crippen molar-refractivity contribution in [2.45, 2.75) is 32.4 Å². The monoisotopic (exact) mass is 549 g/mol. The number of aromatic nitrogens is 3. The molecular formula is C28H29F2N7O3. The maximum atomic E-state index is 12.6. The summed E-state index contributed by atoms with van der Waals surface area (Å²) in [5, 5.41) is 15.1. The maximum absolute atomic E-state index is 12.6. The van der Waals surface area contributed by atoms with E-state index in [0.29, 0.717) is 30.3 Å². The number of carbonyl (C=O) groups is 2. The lowest BCUT2D eigenvalue weighted by atomic mass is 10.1. The fraction of sp³-hybridized carbons (Fsp3) is 0.357. The number of amides is 2. The fourth-order valence-corrected chi connectivity index (χ4v) is 4.14. The maximum Gasteiger partial charge on any atom is 0.255 e. The third-order valence-corrected chi connectivity index (χ3v) is 6.43. The molecule has 2 aromatic heterocycles. The van der Waals surface area contributed by atoms with E-state index in [-0.39, 0.29) is 29.1 Å². The van der Waals surface area contributed by atoms with Gasteiger partial charge in [-0.3, -0.25) is 14.6 Å².